The van der Waals surface area contributed by atoms with Crippen LogP contribution >= 0.6 is 0 Å². The van der Waals surface area contributed by atoms with E-state index >= 15 is 0 Å². The highest BCUT2D eigenvalue weighted by Gasteiger charge is 2.61. The van der Waals surface area contributed by atoms with Crippen molar-refractivity contribution in [3.8, 4) is 0 Å². The van der Waals surface area contributed by atoms with E-state index in [0.717, 1.165) is 38.5 Å². The third kappa shape index (κ3) is 1.78. The Bertz CT molecular complexity index is 539. The molecule has 0 aromatic rings. The summed E-state index contributed by atoms with van der Waals surface area (Å²) in [5.41, 5.74) is 1.26. The first kappa shape index (κ1) is 14.9. The molecule has 4 aliphatic rings. The van der Waals surface area contributed by atoms with Gasteiger partial charge in [-0.2, -0.15) is 0 Å². The van der Waals surface area contributed by atoms with Crippen LogP contribution in [0.1, 0.15) is 58.8 Å². The van der Waals surface area contributed by atoms with E-state index in [4.69, 9.17) is 0 Å². The van der Waals surface area contributed by atoms with Crippen LogP contribution in [-0.2, 0) is 4.79 Å². The molecule has 0 aliphatic heterocycles. The van der Waals surface area contributed by atoms with Crippen molar-refractivity contribution >= 4 is 5.78 Å². The van der Waals surface area contributed by atoms with Gasteiger partial charge in [0.2, 0.25) is 0 Å². The molecular weight excluding hydrogens is 276 g/mol. The molecule has 0 saturated heterocycles. The van der Waals surface area contributed by atoms with Crippen molar-refractivity contribution in [3.63, 3.8) is 0 Å². The lowest BCUT2D eigenvalue weighted by Crippen LogP contribution is -2.56. The van der Waals surface area contributed by atoms with Crippen LogP contribution < -0.4 is 0 Å². The maximum Gasteiger partial charge on any atom is 0.155 e. The molecule has 0 aromatic heterocycles. The molecule has 0 spiro atoms. The summed E-state index contributed by atoms with van der Waals surface area (Å²) in [5.74, 6) is 1.42. The minimum atomic E-state index is -0.315. The maximum atomic E-state index is 11.8. The molecular formula is C19H28O3. The predicted octanol–water partition coefficient (Wildman–Crippen LogP) is 2.85. The van der Waals surface area contributed by atoms with Crippen molar-refractivity contribution in [1.82, 2.24) is 0 Å². The normalized spacial score (nSPS) is 54.3. The van der Waals surface area contributed by atoms with Crippen LogP contribution in [0.3, 0.4) is 0 Å². The Hall–Kier alpha value is -0.670. The number of aliphatic hydroxyl groups excluding tert-OH is 2. The minimum absolute atomic E-state index is 0.0570. The van der Waals surface area contributed by atoms with Crippen molar-refractivity contribution in [3.05, 3.63) is 11.6 Å². The number of allylic oxidation sites excluding steroid dienone is 1. The van der Waals surface area contributed by atoms with Gasteiger partial charge in [0.25, 0.3) is 0 Å². The van der Waals surface area contributed by atoms with Crippen LogP contribution in [0, 0.1) is 28.6 Å². The van der Waals surface area contributed by atoms with Gasteiger partial charge in [-0.05, 0) is 73.2 Å². The first-order valence-electron chi connectivity index (χ1n) is 8.96. The smallest absolute Gasteiger partial charge is 0.155 e. The van der Waals surface area contributed by atoms with Gasteiger partial charge in [-0.15, -0.1) is 0 Å². The predicted molar refractivity (Wildman–Crippen MR) is 84.1 cm³/mol. The third-order valence-corrected chi connectivity index (χ3v) is 7.90. The summed E-state index contributed by atoms with van der Waals surface area (Å²) in [6, 6.07) is 0. The summed E-state index contributed by atoms with van der Waals surface area (Å²) in [5, 5.41) is 21.4. The number of hydrogen-bond acceptors (Lipinski definition) is 3. The zero-order valence-corrected chi connectivity index (χ0v) is 13.7. The maximum absolute atomic E-state index is 11.8. The second kappa shape index (κ2) is 4.67. The van der Waals surface area contributed by atoms with Gasteiger partial charge < -0.3 is 10.2 Å². The molecule has 0 heterocycles. The SMILES string of the molecule is C[C@@]12CC[C@@H](O)[C@H]1[C@@H]1CCC3=CC(=O)CC[C@]3(C)[C@H]1C[C@H]2O. The molecule has 122 valence electrons. The Morgan fingerprint density at radius 1 is 1.14 bits per heavy atom. The molecule has 0 radical (unpaired) electrons. The van der Waals surface area contributed by atoms with E-state index in [2.05, 4.69) is 13.8 Å². The van der Waals surface area contributed by atoms with Gasteiger partial charge in [0.1, 0.15) is 0 Å². The van der Waals surface area contributed by atoms with Crippen LogP contribution in [0.2, 0.25) is 0 Å². The molecule has 3 nitrogen and oxygen atoms in total. The van der Waals surface area contributed by atoms with Gasteiger partial charge in [0.15, 0.2) is 5.78 Å². The lowest BCUT2D eigenvalue weighted by molar-refractivity contribution is -0.139. The summed E-state index contributed by atoms with van der Waals surface area (Å²) in [4.78, 5) is 11.8. The van der Waals surface area contributed by atoms with E-state index in [0.29, 0.717) is 18.3 Å². The number of hydrogen-bond donors (Lipinski definition) is 2. The molecule has 3 fully saturated rings. The second-order valence-corrected chi connectivity index (χ2v) is 8.75. The molecule has 4 rings (SSSR count). The van der Waals surface area contributed by atoms with E-state index in [-0.39, 0.29) is 34.7 Å². The van der Waals surface area contributed by atoms with Crippen molar-refractivity contribution in [2.24, 2.45) is 28.6 Å². The van der Waals surface area contributed by atoms with Crippen molar-refractivity contribution in [2.75, 3.05) is 0 Å². The lowest BCUT2D eigenvalue weighted by Gasteiger charge is -2.59. The van der Waals surface area contributed by atoms with E-state index in [1.807, 2.05) is 6.08 Å². The molecule has 3 heteroatoms. The van der Waals surface area contributed by atoms with Crippen LogP contribution in [0.15, 0.2) is 11.6 Å². The Labute approximate surface area is 132 Å². The highest BCUT2D eigenvalue weighted by atomic mass is 16.3. The molecule has 22 heavy (non-hydrogen) atoms. The minimum Gasteiger partial charge on any atom is -0.393 e. The van der Waals surface area contributed by atoms with E-state index < -0.39 is 0 Å². The summed E-state index contributed by atoms with van der Waals surface area (Å²) in [6.45, 7) is 4.49. The number of aliphatic hydroxyl groups is 2. The average molecular weight is 304 g/mol. The molecule has 4 aliphatic carbocycles. The van der Waals surface area contributed by atoms with Gasteiger partial charge >= 0.3 is 0 Å². The first-order valence-corrected chi connectivity index (χ1v) is 8.96. The van der Waals surface area contributed by atoms with Gasteiger partial charge in [0, 0.05) is 6.42 Å². The molecule has 0 bridgehead atoms. The Morgan fingerprint density at radius 2 is 1.91 bits per heavy atom. The average Bonchev–Trinajstić information content (AvgIpc) is 2.79. The molecule has 2 N–H and O–H groups in total. The molecule has 0 unspecified atom stereocenters. The Kier molecular flexibility index (Phi) is 3.16. The van der Waals surface area contributed by atoms with E-state index in [9.17, 15) is 15.0 Å². The molecule has 7 atom stereocenters. The number of ketones is 1. The zero-order chi connectivity index (χ0) is 15.7. The lowest BCUT2D eigenvalue weighted by atomic mass is 9.46. The van der Waals surface area contributed by atoms with Gasteiger partial charge in [0.05, 0.1) is 12.2 Å². The van der Waals surface area contributed by atoms with Crippen LogP contribution in [0.4, 0.5) is 0 Å². The fourth-order valence-corrected chi connectivity index (χ4v) is 6.53. The Morgan fingerprint density at radius 3 is 2.68 bits per heavy atom. The van der Waals surface area contributed by atoms with E-state index in [1.165, 1.54) is 5.57 Å². The van der Waals surface area contributed by atoms with Crippen LogP contribution in [-0.4, -0.2) is 28.2 Å². The summed E-state index contributed by atoms with van der Waals surface area (Å²) >= 11 is 0. The molecule has 3 saturated carbocycles. The van der Waals surface area contributed by atoms with Crippen LogP contribution in [0.5, 0.6) is 0 Å². The number of fused-ring (bicyclic) bond motifs is 5. The van der Waals surface area contributed by atoms with Gasteiger partial charge in [-0.3, -0.25) is 4.79 Å². The quantitative estimate of drug-likeness (QED) is 0.723. The fraction of sp³-hybridized carbons (Fsp3) is 0.842. The number of carbonyl (C=O) groups is 1. The number of rotatable bonds is 0. The van der Waals surface area contributed by atoms with Crippen LogP contribution in [0.25, 0.3) is 0 Å². The highest BCUT2D eigenvalue weighted by molar-refractivity contribution is 5.91. The topological polar surface area (TPSA) is 57.5 Å². The monoisotopic (exact) mass is 304 g/mol. The zero-order valence-electron chi connectivity index (χ0n) is 13.7. The second-order valence-electron chi connectivity index (χ2n) is 8.75. The summed E-state index contributed by atoms with van der Waals surface area (Å²) in [6.07, 6.45) is 7.58. The first-order chi connectivity index (χ1) is 10.4. The van der Waals surface area contributed by atoms with Crippen molar-refractivity contribution < 1.29 is 15.0 Å². The van der Waals surface area contributed by atoms with E-state index in [1.54, 1.807) is 0 Å². The molecule has 0 aromatic carbocycles. The van der Waals surface area contributed by atoms with Crippen molar-refractivity contribution in [2.45, 2.75) is 71.0 Å². The molecule has 0 amide bonds. The van der Waals surface area contributed by atoms with Gasteiger partial charge in [-0.25, -0.2) is 0 Å². The standard InChI is InChI=1S/C19H28O3/c1-18-7-5-12(20)9-11(18)3-4-13-14(18)10-16(22)19(2)8-6-15(21)17(13)19/h9,13-17,21-22H,3-8,10H2,1-2H3/t13-,14+,15-,16-,17-,18+,19+/m1/s1. The largest absolute Gasteiger partial charge is 0.393 e. The number of carbonyl (C=O) groups excluding carboxylic acids is 1. The van der Waals surface area contributed by atoms with Crippen molar-refractivity contribution in [1.29, 1.82) is 0 Å². The highest BCUT2D eigenvalue weighted by Crippen LogP contribution is 2.65. The third-order valence-electron chi connectivity index (χ3n) is 7.90. The Balaban J connectivity index is 1.74. The summed E-state index contributed by atoms with van der Waals surface area (Å²) < 4.78 is 0. The van der Waals surface area contributed by atoms with Gasteiger partial charge in [-0.1, -0.05) is 19.4 Å². The fourth-order valence-electron chi connectivity index (χ4n) is 6.53. The summed E-state index contributed by atoms with van der Waals surface area (Å²) in [7, 11) is 0.